The van der Waals surface area contributed by atoms with Gasteiger partial charge in [0, 0.05) is 18.7 Å². The number of amides is 2. The van der Waals surface area contributed by atoms with Crippen molar-refractivity contribution in [1.82, 2.24) is 5.32 Å². The lowest BCUT2D eigenvalue weighted by molar-refractivity contribution is -0.129. The lowest BCUT2D eigenvalue weighted by Crippen LogP contribution is -2.50. The molecule has 27 heavy (non-hydrogen) atoms. The van der Waals surface area contributed by atoms with Gasteiger partial charge in [0.25, 0.3) is 5.91 Å². The molecule has 1 unspecified atom stereocenters. The molecule has 2 amide bonds. The van der Waals surface area contributed by atoms with Gasteiger partial charge in [-0.1, -0.05) is 36.4 Å². The summed E-state index contributed by atoms with van der Waals surface area (Å²) in [5.74, 6) is 0.694. The van der Waals surface area contributed by atoms with E-state index in [4.69, 9.17) is 9.47 Å². The minimum atomic E-state index is -0.215. The van der Waals surface area contributed by atoms with Crippen molar-refractivity contribution in [2.45, 2.75) is 18.9 Å². The Labute approximate surface area is 159 Å². The Kier molecular flexibility index (Phi) is 6.82. The van der Waals surface area contributed by atoms with Crippen molar-refractivity contribution in [3.63, 3.8) is 0 Å². The van der Waals surface area contributed by atoms with E-state index in [9.17, 15) is 9.59 Å². The van der Waals surface area contributed by atoms with E-state index in [1.54, 1.807) is 4.90 Å². The van der Waals surface area contributed by atoms with Crippen LogP contribution in [0.15, 0.2) is 60.7 Å². The molecule has 1 aliphatic heterocycles. The van der Waals surface area contributed by atoms with Crippen LogP contribution in [-0.2, 0) is 14.3 Å². The monoisotopic (exact) mass is 368 g/mol. The van der Waals surface area contributed by atoms with Crippen molar-refractivity contribution in [3.8, 4) is 5.75 Å². The fourth-order valence-electron chi connectivity index (χ4n) is 2.86. The number of ether oxygens (including phenoxy) is 2. The Morgan fingerprint density at radius 3 is 2.56 bits per heavy atom. The number of hydrogen-bond donors (Lipinski definition) is 1. The summed E-state index contributed by atoms with van der Waals surface area (Å²) >= 11 is 0. The highest BCUT2D eigenvalue weighted by Crippen LogP contribution is 2.17. The normalized spacial score (nSPS) is 16.8. The largest absolute Gasteiger partial charge is 0.494 e. The SMILES string of the molecule is O=C(CCCOc1ccccc1)NCC1CN(c2ccccc2)C(=O)CO1. The number of benzene rings is 2. The molecule has 142 valence electrons. The maximum Gasteiger partial charge on any atom is 0.253 e. The van der Waals surface area contributed by atoms with Crippen LogP contribution in [0.2, 0.25) is 0 Å². The molecule has 1 N–H and O–H groups in total. The van der Waals surface area contributed by atoms with Gasteiger partial charge in [-0.15, -0.1) is 0 Å². The molecular formula is C21H24N2O4. The molecule has 1 aliphatic rings. The zero-order chi connectivity index (χ0) is 18.9. The standard InChI is InChI=1S/C21H24N2O4/c24-20(12-7-13-26-18-10-5-2-6-11-18)22-14-19-15-23(21(25)16-27-19)17-8-3-1-4-9-17/h1-6,8-11,19H,7,12-16H2,(H,22,24). The van der Waals surface area contributed by atoms with Crippen molar-refractivity contribution in [2.24, 2.45) is 0 Å². The molecule has 1 saturated heterocycles. The Morgan fingerprint density at radius 2 is 1.81 bits per heavy atom. The van der Waals surface area contributed by atoms with E-state index in [-0.39, 0.29) is 24.5 Å². The molecule has 1 atom stereocenters. The third-order valence-corrected chi connectivity index (χ3v) is 4.28. The maximum atomic E-state index is 12.1. The van der Waals surface area contributed by atoms with Gasteiger partial charge in [0.1, 0.15) is 12.4 Å². The second kappa shape index (κ2) is 9.73. The number of nitrogens with zero attached hydrogens (tertiary/aromatic N) is 1. The Balaban J connectivity index is 1.36. The molecule has 0 aliphatic carbocycles. The van der Waals surface area contributed by atoms with Gasteiger partial charge in [0.2, 0.25) is 5.91 Å². The van der Waals surface area contributed by atoms with Crippen LogP contribution < -0.4 is 15.0 Å². The van der Waals surface area contributed by atoms with Gasteiger partial charge in [0.15, 0.2) is 0 Å². The second-order valence-electron chi connectivity index (χ2n) is 6.34. The Morgan fingerprint density at radius 1 is 1.11 bits per heavy atom. The highest BCUT2D eigenvalue weighted by atomic mass is 16.5. The van der Waals surface area contributed by atoms with Crippen LogP contribution in [0.25, 0.3) is 0 Å². The molecule has 0 saturated carbocycles. The summed E-state index contributed by atoms with van der Waals surface area (Å²) < 4.78 is 11.1. The highest BCUT2D eigenvalue weighted by molar-refractivity contribution is 5.95. The summed E-state index contributed by atoms with van der Waals surface area (Å²) in [6, 6.07) is 19.0. The van der Waals surface area contributed by atoms with Crippen molar-refractivity contribution in [1.29, 1.82) is 0 Å². The first kappa shape index (κ1) is 18.9. The van der Waals surface area contributed by atoms with Crippen LogP contribution in [0.5, 0.6) is 5.75 Å². The molecule has 1 fully saturated rings. The molecule has 6 heteroatoms. The van der Waals surface area contributed by atoms with Crippen LogP contribution in [-0.4, -0.2) is 44.2 Å². The smallest absolute Gasteiger partial charge is 0.253 e. The molecule has 0 spiro atoms. The summed E-state index contributed by atoms with van der Waals surface area (Å²) in [6.45, 7) is 1.34. The van der Waals surface area contributed by atoms with Gasteiger partial charge in [-0.2, -0.15) is 0 Å². The average molecular weight is 368 g/mol. The molecular weight excluding hydrogens is 344 g/mol. The van der Waals surface area contributed by atoms with Crippen LogP contribution in [0.4, 0.5) is 5.69 Å². The molecule has 0 radical (unpaired) electrons. The number of nitrogens with one attached hydrogen (secondary N) is 1. The minimum Gasteiger partial charge on any atom is -0.494 e. The van der Waals surface area contributed by atoms with E-state index in [1.165, 1.54) is 0 Å². The number of anilines is 1. The fraction of sp³-hybridized carbons (Fsp3) is 0.333. The van der Waals surface area contributed by atoms with Crippen molar-refractivity contribution in [2.75, 3.05) is 31.2 Å². The highest BCUT2D eigenvalue weighted by Gasteiger charge is 2.27. The summed E-state index contributed by atoms with van der Waals surface area (Å²) in [7, 11) is 0. The number of carbonyl (C=O) groups excluding carboxylic acids is 2. The van der Waals surface area contributed by atoms with Gasteiger partial charge < -0.3 is 19.7 Å². The van der Waals surface area contributed by atoms with Crippen molar-refractivity contribution >= 4 is 17.5 Å². The molecule has 0 aromatic heterocycles. The Hall–Kier alpha value is -2.86. The quantitative estimate of drug-likeness (QED) is 0.727. The van der Waals surface area contributed by atoms with Gasteiger partial charge in [-0.25, -0.2) is 0 Å². The van der Waals surface area contributed by atoms with E-state index in [0.717, 1.165) is 11.4 Å². The van der Waals surface area contributed by atoms with E-state index < -0.39 is 0 Å². The lowest BCUT2D eigenvalue weighted by Gasteiger charge is -2.32. The van der Waals surface area contributed by atoms with Gasteiger partial charge in [-0.3, -0.25) is 9.59 Å². The number of hydrogen-bond acceptors (Lipinski definition) is 4. The zero-order valence-electron chi connectivity index (χ0n) is 15.2. The summed E-state index contributed by atoms with van der Waals surface area (Å²) in [5.41, 5.74) is 0.847. The third kappa shape index (κ3) is 5.82. The summed E-state index contributed by atoms with van der Waals surface area (Å²) in [5, 5.41) is 2.88. The molecule has 3 rings (SSSR count). The minimum absolute atomic E-state index is 0.0281. The van der Waals surface area contributed by atoms with Gasteiger partial charge >= 0.3 is 0 Å². The van der Waals surface area contributed by atoms with Crippen molar-refractivity contribution < 1.29 is 19.1 Å². The molecule has 0 bridgehead atoms. The molecule has 2 aromatic rings. The first-order valence-corrected chi connectivity index (χ1v) is 9.14. The van der Waals surface area contributed by atoms with Crippen molar-refractivity contribution in [3.05, 3.63) is 60.7 Å². The molecule has 1 heterocycles. The summed E-state index contributed by atoms with van der Waals surface area (Å²) in [6.07, 6.45) is 0.814. The third-order valence-electron chi connectivity index (χ3n) is 4.28. The van der Waals surface area contributed by atoms with Gasteiger partial charge in [-0.05, 0) is 30.7 Å². The van der Waals surface area contributed by atoms with E-state index in [1.807, 2.05) is 60.7 Å². The summed E-state index contributed by atoms with van der Waals surface area (Å²) in [4.78, 5) is 25.8. The predicted molar refractivity (Wildman–Crippen MR) is 103 cm³/mol. The van der Waals surface area contributed by atoms with Gasteiger partial charge in [0.05, 0.1) is 19.3 Å². The lowest BCUT2D eigenvalue weighted by atomic mass is 10.2. The van der Waals surface area contributed by atoms with E-state index in [0.29, 0.717) is 32.5 Å². The molecule has 2 aromatic carbocycles. The van der Waals surface area contributed by atoms with Crippen LogP contribution in [0.1, 0.15) is 12.8 Å². The zero-order valence-corrected chi connectivity index (χ0v) is 15.2. The molecule has 6 nitrogen and oxygen atoms in total. The van der Waals surface area contributed by atoms with E-state index in [2.05, 4.69) is 5.32 Å². The average Bonchev–Trinajstić information content (AvgIpc) is 2.72. The van der Waals surface area contributed by atoms with Crippen LogP contribution in [0, 0.1) is 0 Å². The topological polar surface area (TPSA) is 67.9 Å². The second-order valence-corrected chi connectivity index (χ2v) is 6.34. The maximum absolute atomic E-state index is 12.1. The van der Waals surface area contributed by atoms with Crippen LogP contribution >= 0.6 is 0 Å². The number of rotatable bonds is 8. The number of morpholine rings is 1. The number of carbonyl (C=O) groups is 2. The fourth-order valence-corrected chi connectivity index (χ4v) is 2.86. The number of para-hydroxylation sites is 2. The van der Waals surface area contributed by atoms with E-state index >= 15 is 0 Å². The first-order chi connectivity index (χ1) is 13.2. The first-order valence-electron chi connectivity index (χ1n) is 9.14. The Bertz CT molecular complexity index is 736. The predicted octanol–water partition coefficient (Wildman–Crippen LogP) is 2.39. The van der Waals surface area contributed by atoms with Crippen LogP contribution in [0.3, 0.4) is 0 Å².